The molecule has 3 N–H and O–H groups in total. The molecule has 0 saturated carbocycles. The van der Waals surface area contributed by atoms with Gasteiger partial charge in [0.25, 0.3) is 0 Å². The normalized spacial score (nSPS) is 14.9. The molecule has 6 nitrogen and oxygen atoms in total. The Morgan fingerprint density at radius 2 is 2.04 bits per heavy atom. The molecule has 1 heterocycles. The number of aliphatic hydroxyl groups excluding tert-OH is 1. The van der Waals surface area contributed by atoms with Crippen LogP contribution in [0.1, 0.15) is 38.9 Å². The van der Waals surface area contributed by atoms with Crippen LogP contribution in [0.15, 0.2) is 16.9 Å². The highest BCUT2D eigenvalue weighted by atomic mass is 79.9. The van der Waals surface area contributed by atoms with Crippen LogP contribution in [0.25, 0.3) is 0 Å². The van der Waals surface area contributed by atoms with Gasteiger partial charge >= 0.3 is 6.09 Å². The average molecular weight is 454 g/mol. The van der Waals surface area contributed by atoms with Gasteiger partial charge in [-0.25, -0.2) is 4.79 Å². The van der Waals surface area contributed by atoms with Gasteiger partial charge in [0.2, 0.25) is 0 Å². The first-order chi connectivity index (χ1) is 11.3. The number of hydrogen-bond donors (Lipinski definition) is 3. The standard InChI is InChI=1S/C16H26BrClN2O4Si/c1-16(2,3)25(4,5)24-10(7-20-15(22)23)6-13(21)11-8-19-9-12(17)14(11)18/h8-10,13,20-21H,6-7H2,1-5H3,(H,22,23). The smallest absolute Gasteiger partial charge is 0.404 e. The zero-order valence-electron chi connectivity index (χ0n) is 15.1. The maximum atomic E-state index is 10.9. The lowest BCUT2D eigenvalue weighted by atomic mass is 10.1. The number of amides is 1. The van der Waals surface area contributed by atoms with E-state index < -0.39 is 26.6 Å². The van der Waals surface area contributed by atoms with Crippen LogP contribution in [0.3, 0.4) is 0 Å². The van der Waals surface area contributed by atoms with Crippen LogP contribution in [-0.4, -0.2) is 42.3 Å². The Labute approximate surface area is 163 Å². The number of aliphatic hydroxyl groups is 1. The van der Waals surface area contributed by atoms with E-state index in [0.29, 0.717) is 15.1 Å². The van der Waals surface area contributed by atoms with Gasteiger partial charge in [0.15, 0.2) is 8.32 Å². The van der Waals surface area contributed by atoms with Crippen LogP contribution in [0.2, 0.25) is 23.2 Å². The van der Waals surface area contributed by atoms with Gasteiger partial charge in [-0.15, -0.1) is 0 Å². The molecule has 1 amide bonds. The second-order valence-electron chi connectivity index (χ2n) is 7.46. The predicted molar refractivity (Wildman–Crippen MR) is 105 cm³/mol. The number of hydrogen-bond acceptors (Lipinski definition) is 4. The molecule has 1 aromatic rings. The first kappa shape index (κ1) is 22.4. The first-order valence-corrected chi connectivity index (χ1v) is 12.0. The van der Waals surface area contributed by atoms with Crippen molar-refractivity contribution in [3.05, 3.63) is 27.5 Å². The van der Waals surface area contributed by atoms with Gasteiger partial charge in [0.05, 0.1) is 21.7 Å². The number of nitrogens with one attached hydrogen (secondary N) is 1. The Bertz CT molecular complexity index is 610. The van der Waals surface area contributed by atoms with E-state index in [0.717, 1.165) is 0 Å². The highest BCUT2D eigenvalue weighted by Crippen LogP contribution is 2.38. The van der Waals surface area contributed by atoms with Crippen molar-refractivity contribution in [2.45, 2.75) is 57.5 Å². The van der Waals surface area contributed by atoms with Crippen LogP contribution in [-0.2, 0) is 4.43 Å². The molecule has 0 bridgehead atoms. The van der Waals surface area contributed by atoms with Crippen molar-refractivity contribution in [2.24, 2.45) is 0 Å². The monoisotopic (exact) mass is 452 g/mol. The number of carboxylic acid groups (broad SMARTS) is 1. The van der Waals surface area contributed by atoms with Gasteiger partial charge in [0.1, 0.15) is 0 Å². The minimum Gasteiger partial charge on any atom is -0.465 e. The summed E-state index contributed by atoms with van der Waals surface area (Å²) in [5.41, 5.74) is 0.482. The minimum absolute atomic E-state index is 0.0333. The molecule has 9 heteroatoms. The summed E-state index contributed by atoms with van der Waals surface area (Å²) in [5, 5.41) is 22.2. The number of rotatable bonds is 7. The van der Waals surface area contributed by atoms with Crippen LogP contribution >= 0.6 is 27.5 Å². The molecular formula is C16H26BrClN2O4Si. The lowest BCUT2D eigenvalue weighted by Gasteiger charge is -2.39. The summed E-state index contributed by atoms with van der Waals surface area (Å²) in [6.07, 6.45) is 0.760. The van der Waals surface area contributed by atoms with E-state index in [1.54, 1.807) is 6.20 Å². The molecule has 1 aromatic heterocycles. The van der Waals surface area contributed by atoms with Gasteiger partial charge < -0.3 is 20.0 Å². The summed E-state index contributed by atoms with van der Waals surface area (Å²) in [6.45, 7) is 10.6. The predicted octanol–water partition coefficient (Wildman–Crippen LogP) is 4.58. The summed E-state index contributed by atoms with van der Waals surface area (Å²) >= 11 is 9.50. The Kier molecular flexibility index (Phi) is 7.88. The number of halogens is 2. The Hall–Kier alpha value is -0.673. The fourth-order valence-corrected chi connectivity index (χ4v) is 3.95. The van der Waals surface area contributed by atoms with Crippen molar-refractivity contribution in [1.29, 1.82) is 0 Å². The molecule has 1 rings (SSSR count). The van der Waals surface area contributed by atoms with Crippen molar-refractivity contribution >= 4 is 41.9 Å². The van der Waals surface area contributed by atoms with E-state index in [4.69, 9.17) is 21.1 Å². The third-order valence-electron chi connectivity index (χ3n) is 4.46. The van der Waals surface area contributed by atoms with E-state index in [1.807, 2.05) is 0 Å². The van der Waals surface area contributed by atoms with Crippen LogP contribution in [0.5, 0.6) is 0 Å². The Morgan fingerprint density at radius 1 is 1.44 bits per heavy atom. The Balaban J connectivity index is 2.96. The SMILES string of the molecule is CC(C)(C)[Si](C)(C)OC(CNC(=O)O)CC(O)c1cncc(Br)c1Cl. The van der Waals surface area contributed by atoms with Gasteiger partial charge in [-0.1, -0.05) is 32.4 Å². The van der Waals surface area contributed by atoms with E-state index in [1.165, 1.54) is 6.20 Å². The van der Waals surface area contributed by atoms with Crippen LogP contribution in [0, 0.1) is 0 Å². The van der Waals surface area contributed by atoms with Crippen LogP contribution < -0.4 is 5.32 Å². The summed E-state index contributed by atoms with van der Waals surface area (Å²) in [4.78, 5) is 14.9. The minimum atomic E-state index is -2.13. The zero-order chi connectivity index (χ0) is 19.4. The molecule has 2 unspecified atom stereocenters. The molecule has 0 radical (unpaired) electrons. The fraction of sp³-hybridized carbons (Fsp3) is 0.625. The largest absolute Gasteiger partial charge is 0.465 e. The zero-order valence-corrected chi connectivity index (χ0v) is 18.5. The molecule has 142 valence electrons. The quantitative estimate of drug-likeness (QED) is 0.526. The van der Waals surface area contributed by atoms with E-state index in [2.05, 4.69) is 60.1 Å². The third kappa shape index (κ3) is 6.52. The van der Waals surface area contributed by atoms with E-state index in [9.17, 15) is 9.90 Å². The molecule has 0 fully saturated rings. The van der Waals surface area contributed by atoms with Crippen molar-refractivity contribution in [3.63, 3.8) is 0 Å². The lowest BCUT2D eigenvalue weighted by Crippen LogP contribution is -2.47. The summed E-state index contributed by atoms with van der Waals surface area (Å²) in [7, 11) is -2.13. The summed E-state index contributed by atoms with van der Waals surface area (Å²) in [6, 6.07) is 0. The number of pyridine rings is 1. The van der Waals surface area contributed by atoms with Crippen molar-refractivity contribution in [1.82, 2.24) is 10.3 Å². The fourth-order valence-electron chi connectivity index (χ4n) is 2.01. The maximum Gasteiger partial charge on any atom is 0.404 e. The lowest BCUT2D eigenvalue weighted by molar-refractivity contribution is 0.0846. The molecule has 0 spiro atoms. The summed E-state index contributed by atoms with van der Waals surface area (Å²) < 4.78 is 6.89. The van der Waals surface area contributed by atoms with Crippen LogP contribution in [0.4, 0.5) is 4.79 Å². The number of aromatic nitrogens is 1. The highest BCUT2D eigenvalue weighted by Gasteiger charge is 2.39. The van der Waals surface area contributed by atoms with Gasteiger partial charge in [-0.3, -0.25) is 4.98 Å². The Morgan fingerprint density at radius 3 is 2.56 bits per heavy atom. The second-order valence-corrected chi connectivity index (χ2v) is 13.5. The average Bonchev–Trinajstić information content (AvgIpc) is 2.46. The summed E-state index contributed by atoms with van der Waals surface area (Å²) in [5.74, 6) is 0. The second kappa shape index (κ2) is 8.81. The molecular weight excluding hydrogens is 428 g/mol. The molecule has 2 atom stereocenters. The van der Waals surface area contributed by atoms with Crippen molar-refractivity contribution in [3.8, 4) is 0 Å². The maximum absolute atomic E-state index is 10.9. The van der Waals surface area contributed by atoms with Crippen molar-refractivity contribution in [2.75, 3.05) is 6.54 Å². The highest BCUT2D eigenvalue weighted by molar-refractivity contribution is 9.10. The first-order valence-electron chi connectivity index (χ1n) is 7.96. The molecule has 0 aromatic carbocycles. The molecule has 0 saturated heterocycles. The van der Waals surface area contributed by atoms with Gasteiger partial charge in [0, 0.05) is 30.9 Å². The van der Waals surface area contributed by atoms with Gasteiger partial charge in [-0.2, -0.15) is 0 Å². The molecule has 0 aliphatic heterocycles. The topological polar surface area (TPSA) is 91.7 Å². The number of carbonyl (C=O) groups is 1. The molecule has 0 aliphatic rings. The van der Waals surface area contributed by atoms with E-state index in [-0.39, 0.29) is 18.0 Å². The third-order valence-corrected chi connectivity index (χ3v) is 10.2. The number of nitrogens with zero attached hydrogens (tertiary/aromatic N) is 1. The van der Waals surface area contributed by atoms with Crippen molar-refractivity contribution < 1.29 is 19.4 Å². The van der Waals surface area contributed by atoms with Gasteiger partial charge in [-0.05, 0) is 34.1 Å². The molecule has 25 heavy (non-hydrogen) atoms. The molecule has 0 aliphatic carbocycles. The van der Waals surface area contributed by atoms with E-state index >= 15 is 0 Å².